The van der Waals surface area contributed by atoms with Crippen LogP contribution in [0.2, 0.25) is 5.02 Å². The predicted octanol–water partition coefficient (Wildman–Crippen LogP) is 3.74. The lowest BCUT2D eigenvalue weighted by molar-refractivity contribution is -0.0485. The molecule has 1 aromatic carbocycles. The first kappa shape index (κ1) is 11.0. The maximum atomic E-state index is 10.7. The summed E-state index contributed by atoms with van der Waals surface area (Å²) in [5.41, 5.74) is 0.271. The predicted molar refractivity (Wildman–Crippen MR) is 63.0 cm³/mol. The van der Waals surface area contributed by atoms with Gasteiger partial charge in [0, 0.05) is 5.02 Å². The second-order valence-corrected chi connectivity index (χ2v) is 5.54. The molecule has 0 spiro atoms. The fraction of sp³-hybridized carbons (Fsp3) is 0.538. The molecule has 0 heterocycles. The van der Waals surface area contributed by atoms with Crippen molar-refractivity contribution in [1.29, 1.82) is 0 Å². The summed E-state index contributed by atoms with van der Waals surface area (Å²) in [6, 6.07) is 7.58. The molecule has 1 nitrogen and oxygen atoms in total. The molecule has 1 aliphatic carbocycles. The average molecular weight is 225 g/mol. The van der Waals surface area contributed by atoms with Gasteiger partial charge in [0.2, 0.25) is 0 Å². The zero-order valence-corrected chi connectivity index (χ0v) is 10.0. The second kappa shape index (κ2) is 3.50. The van der Waals surface area contributed by atoms with E-state index < -0.39 is 5.60 Å². The maximum Gasteiger partial charge on any atom is 0.0947 e. The minimum absolute atomic E-state index is 0.0408. The van der Waals surface area contributed by atoms with Crippen LogP contribution in [0.3, 0.4) is 0 Å². The van der Waals surface area contributed by atoms with Gasteiger partial charge in [0.25, 0.3) is 0 Å². The first-order valence-electron chi connectivity index (χ1n) is 5.44. The molecule has 2 heteroatoms. The van der Waals surface area contributed by atoms with E-state index in [0.29, 0.717) is 0 Å². The highest BCUT2D eigenvalue weighted by Gasteiger charge is 2.48. The molecule has 15 heavy (non-hydrogen) atoms. The molecule has 82 valence electrons. The van der Waals surface area contributed by atoms with Crippen molar-refractivity contribution in [2.24, 2.45) is 5.41 Å². The molecule has 0 aliphatic heterocycles. The molecule has 1 aromatic rings. The fourth-order valence-corrected chi connectivity index (χ4v) is 2.72. The highest BCUT2D eigenvalue weighted by Crippen LogP contribution is 2.52. The largest absolute Gasteiger partial charge is 0.385 e. The number of hydrogen-bond donors (Lipinski definition) is 1. The Hall–Kier alpha value is -0.530. The molecule has 1 aliphatic rings. The highest BCUT2D eigenvalue weighted by molar-refractivity contribution is 6.30. The van der Waals surface area contributed by atoms with Crippen LogP contribution in [0.25, 0.3) is 0 Å². The van der Waals surface area contributed by atoms with Crippen LogP contribution in [0.15, 0.2) is 24.3 Å². The lowest BCUT2D eigenvalue weighted by Gasteiger charge is -2.37. The van der Waals surface area contributed by atoms with Gasteiger partial charge >= 0.3 is 0 Å². The Bertz CT molecular complexity index is 355. The molecule has 0 amide bonds. The van der Waals surface area contributed by atoms with Crippen LogP contribution in [0, 0.1) is 5.41 Å². The van der Waals surface area contributed by atoms with Crippen LogP contribution in [0.5, 0.6) is 0 Å². The Kier molecular flexibility index (Phi) is 2.56. The Morgan fingerprint density at radius 3 is 2.20 bits per heavy atom. The van der Waals surface area contributed by atoms with Gasteiger partial charge in [-0.25, -0.2) is 0 Å². The molecule has 0 radical (unpaired) electrons. The van der Waals surface area contributed by atoms with Crippen molar-refractivity contribution in [3.8, 4) is 0 Å². The smallest absolute Gasteiger partial charge is 0.0947 e. The molecule has 1 saturated carbocycles. The number of benzene rings is 1. The van der Waals surface area contributed by atoms with E-state index in [0.717, 1.165) is 29.8 Å². The molecule has 0 aromatic heterocycles. The van der Waals surface area contributed by atoms with Gasteiger partial charge in [0.05, 0.1) is 5.60 Å². The zero-order valence-electron chi connectivity index (χ0n) is 9.26. The van der Waals surface area contributed by atoms with Gasteiger partial charge in [-0.1, -0.05) is 37.6 Å². The average Bonchev–Trinajstić information content (AvgIpc) is 2.43. The van der Waals surface area contributed by atoms with E-state index >= 15 is 0 Å². The summed E-state index contributed by atoms with van der Waals surface area (Å²) < 4.78 is 0. The number of halogens is 1. The summed E-state index contributed by atoms with van der Waals surface area (Å²) in [4.78, 5) is 0. The van der Waals surface area contributed by atoms with Crippen molar-refractivity contribution >= 4 is 11.6 Å². The van der Waals surface area contributed by atoms with E-state index in [1.807, 2.05) is 24.3 Å². The van der Waals surface area contributed by atoms with E-state index in [2.05, 4.69) is 13.8 Å². The number of rotatable bonds is 1. The highest BCUT2D eigenvalue weighted by atomic mass is 35.5. The quantitative estimate of drug-likeness (QED) is 0.771. The minimum atomic E-state index is -0.683. The minimum Gasteiger partial charge on any atom is -0.385 e. The summed E-state index contributed by atoms with van der Waals surface area (Å²) in [5, 5.41) is 11.5. The molecule has 0 bridgehead atoms. The van der Waals surface area contributed by atoms with E-state index in [9.17, 15) is 5.11 Å². The third-order valence-corrected chi connectivity index (χ3v) is 4.03. The van der Waals surface area contributed by atoms with Gasteiger partial charge in [-0.15, -0.1) is 0 Å². The van der Waals surface area contributed by atoms with Crippen molar-refractivity contribution in [2.45, 2.75) is 38.7 Å². The van der Waals surface area contributed by atoms with Crippen LogP contribution in [0.4, 0.5) is 0 Å². The molecule has 0 saturated heterocycles. The van der Waals surface area contributed by atoms with Gasteiger partial charge in [-0.05, 0) is 42.4 Å². The van der Waals surface area contributed by atoms with E-state index in [1.165, 1.54) is 0 Å². The lowest BCUT2D eigenvalue weighted by atomic mass is 9.73. The summed E-state index contributed by atoms with van der Waals surface area (Å²) in [5.74, 6) is 0. The molecule has 1 N–H and O–H groups in total. The molecular weight excluding hydrogens is 208 g/mol. The first-order valence-corrected chi connectivity index (χ1v) is 5.82. The normalized spacial score (nSPS) is 29.3. The Balaban J connectivity index is 2.41. The molecular formula is C13H17ClO. The Labute approximate surface area is 96.1 Å². The summed E-state index contributed by atoms with van der Waals surface area (Å²) in [7, 11) is 0. The van der Waals surface area contributed by atoms with E-state index in [4.69, 9.17) is 11.6 Å². The van der Waals surface area contributed by atoms with Crippen molar-refractivity contribution < 1.29 is 5.11 Å². The van der Waals surface area contributed by atoms with Crippen LogP contribution >= 0.6 is 11.6 Å². The van der Waals surface area contributed by atoms with Crippen LogP contribution in [-0.2, 0) is 5.60 Å². The SMILES string of the molecule is CC1(C)CCCC1(O)c1ccc(Cl)cc1. The standard InChI is InChI=1S/C13H17ClO/c1-12(2)8-3-9-13(12,15)10-4-6-11(14)7-5-10/h4-7,15H,3,8-9H2,1-2H3. The van der Waals surface area contributed by atoms with Crippen LogP contribution in [-0.4, -0.2) is 5.11 Å². The maximum absolute atomic E-state index is 10.7. The summed E-state index contributed by atoms with van der Waals surface area (Å²) in [6.45, 7) is 4.27. The molecule has 1 atom stereocenters. The lowest BCUT2D eigenvalue weighted by Crippen LogP contribution is -2.36. The number of aliphatic hydroxyl groups is 1. The van der Waals surface area contributed by atoms with Crippen LogP contribution in [0.1, 0.15) is 38.7 Å². The van der Waals surface area contributed by atoms with Crippen molar-refractivity contribution in [3.05, 3.63) is 34.9 Å². The zero-order chi connectivity index (χ0) is 11.1. The Morgan fingerprint density at radius 1 is 1.13 bits per heavy atom. The third kappa shape index (κ3) is 1.68. The number of hydrogen-bond acceptors (Lipinski definition) is 1. The van der Waals surface area contributed by atoms with Crippen LogP contribution < -0.4 is 0 Å². The Morgan fingerprint density at radius 2 is 1.73 bits per heavy atom. The van der Waals surface area contributed by atoms with E-state index in [1.54, 1.807) is 0 Å². The summed E-state index contributed by atoms with van der Waals surface area (Å²) in [6.07, 6.45) is 3.01. The van der Waals surface area contributed by atoms with E-state index in [-0.39, 0.29) is 5.41 Å². The van der Waals surface area contributed by atoms with Gasteiger partial charge < -0.3 is 5.11 Å². The van der Waals surface area contributed by atoms with Gasteiger partial charge in [-0.3, -0.25) is 0 Å². The monoisotopic (exact) mass is 224 g/mol. The van der Waals surface area contributed by atoms with Gasteiger partial charge in [0.15, 0.2) is 0 Å². The molecule has 2 rings (SSSR count). The van der Waals surface area contributed by atoms with Crippen molar-refractivity contribution in [3.63, 3.8) is 0 Å². The molecule has 1 fully saturated rings. The van der Waals surface area contributed by atoms with Gasteiger partial charge in [0.1, 0.15) is 0 Å². The first-order chi connectivity index (χ1) is 6.96. The van der Waals surface area contributed by atoms with Gasteiger partial charge in [-0.2, -0.15) is 0 Å². The van der Waals surface area contributed by atoms with Crippen molar-refractivity contribution in [1.82, 2.24) is 0 Å². The summed E-state index contributed by atoms with van der Waals surface area (Å²) >= 11 is 5.85. The topological polar surface area (TPSA) is 20.2 Å². The fourth-order valence-electron chi connectivity index (χ4n) is 2.59. The van der Waals surface area contributed by atoms with Crippen molar-refractivity contribution in [2.75, 3.05) is 0 Å². The molecule has 1 unspecified atom stereocenters. The second-order valence-electron chi connectivity index (χ2n) is 5.10. The third-order valence-electron chi connectivity index (χ3n) is 3.78.